The van der Waals surface area contributed by atoms with Gasteiger partial charge in [-0.25, -0.2) is 0 Å². The van der Waals surface area contributed by atoms with Crippen molar-refractivity contribution < 1.29 is 27.2 Å². The van der Waals surface area contributed by atoms with Crippen LogP contribution in [0.3, 0.4) is 0 Å². The molecule has 1 aliphatic rings. The smallest absolute Gasteiger partial charge is 0.309 e. The summed E-state index contributed by atoms with van der Waals surface area (Å²) in [5, 5.41) is 0. The van der Waals surface area contributed by atoms with E-state index in [1.807, 2.05) is 0 Å². The molecule has 1 fully saturated rings. The molecule has 9 heteroatoms. The molecular formula is C16H35NO6P2. The molecule has 1 aliphatic heterocycles. The molecule has 0 radical (unpaired) electrons. The van der Waals surface area contributed by atoms with Gasteiger partial charge in [-0.15, -0.1) is 0 Å². The van der Waals surface area contributed by atoms with Gasteiger partial charge in [0.2, 0.25) is 0 Å². The van der Waals surface area contributed by atoms with Crippen molar-refractivity contribution in [3.63, 3.8) is 0 Å². The minimum atomic E-state index is -3.41. The predicted molar refractivity (Wildman–Crippen MR) is 101 cm³/mol. The monoisotopic (exact) mass is 399 g/mol. The summed E-state index contributed by atoms with van der Waals surface area (Å²) in [6, 6.07) is 0. The first kappa shape index (κ1) is 23.3. The van der Waals surface area contributed by atoms with E-state index < -0.39 is 20.9 Å². The van der Waals surface area contributed by atoms with Gasteiger partial charge in [-0.3, -0.25) is 9.13 Å². The van der Waals surface area contributed by atoms with Gasteiger partial charge in [0, 0.05) is 6.54 Å². The summed E-state index contributed by atoms with van der Waals surface area (Å²) >= 11 is 0. The van der Waals surface area contributed by atoms with Gasteiger partial charge >= 0.3 is 15.2 Å². The van der Waals surface area contributed by atoms with Crippen LogP contribution in [0.4, 0.5) is 0 Å². The van der Waals surface area contributed by atoms with E-state index in [0.29, 0.717) is 6.54 Å². The largest absolute Gasteiger partial charge is 0.335 e. The minimum Gasteiger partial charge on any atom is -0.309 e. The maximum atomic E-state index is 13.4. The van der Waals surface area contributed by atoms with Crippen LogP contribution in [0.15, 0.2) is 0 Å². The minimum absolute atomic E-state index is 0.0441. The number of rotatable bonds is 13. The first-order valence-electron chi connectivity index (χ1n) is 9.42. The van der Waals surface area contributed by atoms with Gasteiger partial charge in [0.15, 0.2) is 0 Å². The van der Waals surface area contributed by atoms with Crippen LogP contribution in [-0.4, -0.2) is 62.8 Å². The van der Waals surface area contributed by atoms with Crippen molar-refractivity contribution in [3.05, 3.63) is 0 Å². The Morgan fingerprint density at radius 1 is 0.800 bits per heavy atom. The standard InChI is InChI=1S/C16H35NO6P2/c1-5-20-24(18,21-6-2)15-16(14-17-12-10-9-11-13-17)25(19,22-7-3)23-8-4/h16H,5-15H2,1-4H3/t16-/m0/s1. The summed E-state index contributed by atoms with van der Waals surface area (Å²) in [6.07, 6.45) is 3.50. The van der Waals surface area contributed by atoms with E-state index in [4.69, 9.17) is 18.1 Å². The lowest BCUT2D eigenvalue weighted by Gasteiger charge is -2.34. The highest BCUT2D eigenvalue weighted by atomic mass is 31.2. The van der Waals surface area contributed by atoms with Gasteiger partial charge in [-0.05, 0) is 53.6 Å². The van der Waals surface area contributed by atoms with Crippen molar-refractivity contribution in [1.29, 1.82) is 0 Å². The Labute approximate surface area is 152 Å². The first-order valence-corrected chi connectivity index (χ1v) is 12.8. The van der Waals surface area contributed by atoms with Gasteiger partial charge in [0.05, 0.1) is 38.2 Å². The van der Waals surface area contributed by atoms with Crippen LogP contribution in [0, 0.1) is 0 Å². The Morgan fingerprint density at radius 2 is 1.28 bits per heavy atom. The number of nitrogens with zero attached hydrogens (tertiary/aromatic N) is 1. The Bertz CT molecular complexity index is 436. The van der Waals surface area contributed by atoms with Gasteiger partial charge in [-0.1, -0.05) is 6.42 Å². The van der Waals surface area contributed by atoms with E-state index in [0.717, 1.165) is 25.9 Å². The molecule has 0 aliphatic carbocycles. The summed E-state index contributed by atoms with van der Waals surface area (Å²) in [5.41, 5.74) is -0.533. The Morgan fingerprint density at radius 3 is 1.72 bits per heavy atom. The molecule has 0 aromatic heterocycles. The summed E-state index contributed by atoms with van der Waals surface area (Å²) in [5.74, 6) is 0. The number of hydrogen-bond acceptors (Lipinski definition) is 7. The second-order valence-electron chi connectivity index (χ2n) is 6.02. The van der Waals surface area contributed by atoms with Crippen molar-refractivity contribution in [2.45, 2.75) is 52.6 Å². The Kier molecular flexibility index (Phi) is 11.1. The molecule has 1 atom stereocenters. The van der Waals surface area contributed by atoms with Crippen molar-refractivity contribution in [1.82, 2.24) is 4.90 Å². The third-order valence-corrected chi connectivity index (χ3v) is 9.02. The average molecular weight is 399 g/mol. The van der Waals surface area contributed by atoms with Gasteiger partial charge in [0.25, 0.3) is 0 Å². The maximum absolute atomic E-state index is 13.4. The van der Waals surface area contributed by atoms with Crippen LogP contribution in [0.25, 0.3) is 0 Å². The van der Waals surface area contributed by atoms with Crippen molar-refractivity contribution in [2.75, 3.05) is 52.2 Å². The van der Waals surface area contributed by atoms with Crippen LogP contribution in [0.5, 0.6) is 0 Å². The molecule has 150 valence electrons. The second kappa shape index (κ2) is 11.9. The van der Waals surface area contributed by atoms with E-state index in [1.54, 1.807) is 27.7 Å². The number of hydrogen-bond donors (Lipinski definition) is 0. The number of piperidine rings is 1. The molecule has 1 saturated heterocycles. The molecule has 0 N–H and O–H groups in total. The summed E-state index contributed by atoms with van der Waals surface area (Å²) in [7, 11) is -6.76. The van der Waals surface area contributed by atoms with Gasteiger partial charge in [0.1, 0.15) is 0 Å². The van der Waals surface area contributed by atoms with Crippen LogP contribution in [0.1, 0.15) is 47.0 Å². The third-order valence-electron chi connectivity index (χ3n) is 4.07. The predicted octanol–water partition coefficient (Wildman–Crippen LogP) is 4.37. The third kappa shape index (κ3) is 7.80. The van der Waals surface area contributed by atoms with E-state index in [9.17, 15) is 9.13 Å². The van der Waals surface area contributed by atoms with Crippen LogP contribution in [-0.2, 0) is 27.2 Å². The topological polar surface area (TPSA) is 74.3 Å². The zero-order valence-electron chi connectivity index (χ0n) is 16.1. The molecule has 0 aromatic rings. The molecule has 0 saturated carbocycles. The first-order chi connectivity index (χ1) is 11.9. The Hall–Kier alpha value is 0.260. The van der Waals surface area contributed by atoms with Crippen molar-refractivity contribution >= 4 is 15.2 Å². The normalized spacial score (nSPS) is 18.4. The zero-order chi connectivity index (χ0) is 18.8. The highest BCUT2D eigenvalue weighted by molar-refractivity contribution is 7.58. The van der Waals surface area contributed by atoms with Gasteiger partial charge < -0.3 is 23.0 Å². The lowest BCUT2D eigenvalue weighted by atomic mass is 10.1. The fourth-order valence-corrected chi connectivity index (χ4v) is 7.85. The van der Waals surface area contributed by atoms with Crippen molar-refractivity contribution in [3.8, 4) is 0 Å². The van der Waals surface area contributed by atoms with Gasteiger partial charge in [-0.2, -0.15) is 0 Å². The molecule has 0 aromatic carbocycles. The number of likely N-dealkylation sites (tertiary alicyclic amines) is 1. The summed E-state index contributed by atoms with van der Waals surface area (Å²) in [4.78, 5) is 2.25. The van der Waals surface area contributed by atoms with Crippen LogP contribution < -0.4 is 0 Å². The molecule has 0 spiro atoms. The molecule has 7 nitrogen and oxygen atoms in total. The van der Waals surface area contributed by atoms with E-state index in [1.165, 1.54) is 6.42 Å². The molecule has 1 heterocycles. The molecule has 0 bridgehead atoms. The summed E-state index contributed by atoms with van der Waals surface area (Å²) < 4.78 is 48.3. The second-order valence-corrected chi connectivity index (χ2v) is 10.4. The fraction of sp³-hybridized carbons (Fsp3) is 1.00. The molecule has 0 unspecified atom stereocenters. The van der Waals surface area contributed by atoms with E-state index in [2.05, 4.69) is 4.90 Å². The average Bonchev–Trinajstić information content (AvgIpc) is 2.56. The molecular weight excluding hydrogens is 364 g/mol. The lowest BCUT2D eigenvalue weighted by Crippen LogP contribution is -2.38. The van der Waals surface area contributed by atoms with E-state index >= 15 is 0 Å². The van der Waals surface area contributed by atoms with Crippen molar-refractivity contribution in [2.24, 2.45) is 0 Å². The molecule has 1 rings (SSSR count). The maximum Gasteiger partial charge on any atom is 0.335 e. The van der Waals surface area contributed by atoms with E-state index in [-0.39, 0.29) is 32.6 Å². The highest BCUT2D eigenvalue weighted by Crippen LogP contribution is 2.60. The van der Waals surface area contributed by atoms with Crippen LogP contribution in [0.2, 0.25) is 0 Å². The zero-order valence-corrected chi connectivity index (χ0v) is 17.9. The SMILES string of the molecule is CCOP(=O)(C[C@H](CN1CCCCC1)P(=O)(OCC)OCC)OCC. The fourth-order valence-electron chi connectivity index (χ4n) is 3.10. The molecule has 25 heavy (non-hydrogen) atoms. The quantitative estimate of drug-likeness (QED) is 0.426. The summed E-state index contributed by atoms with van der Waals surface area (Å²) in [6.45, 7) is 10.6. The lowest BCUT2D eigenvalue weighted by molar-refractivity contribution is 0.182. The Balaban J connectivity index is 3.02. The molecule has 0 amide bonds. The highest BCUT2D eigenvalue weighted by Gasteiger charge is 2.42. The van der Waals surface area contributed by atoms with Crippen LogP contribution >= 0.6 is 15.2 Å².